The zero-order valence-electron chi connectivity index (χ0n) is 10.8. The van der Waals surface area contributed by atoms with Gasteiger partial charge in [-0.2, -0.15) is 0 Å². The van der Waals surface area contributed by atoms with Crippen LogP contribution in [-0.2, 0) is 9.84 Å². The fraction of sp³-hybridized carbons (Fsp3) is 0.462. The number of benzene rings is 1. The molecule has 2 aromatic rings. The second-order valence-corrected chi connectivity index (χ2v) is 7.23. The number of aromatic amines is 1. The molecular formula is C13H17N3O2S. The summed E-state index contributed by atoms with van der Waals surface area (Å²) in [7, 11) is -3.27. The lowest BCUT2D eigenvalue weighted by Gasteiger charge is -2.11. The third kappa shape index (κ3) is 2.15. The van der Waals surface area contributed by atoms with Crippen molar-refractivity contribution in [3.63, 3.8) is 0 Å². The van der Waals surface area contributed by atoms with E-state index in [0.717, 1.165) is 30.6 Å². The maximum atomic E-state index is 11.8. The van der Waals surface area contributed by atoms with Crippen LogP contribution in [0.4, 0.5) is 0 Å². The van der Waals surface area contributed by atoms with Gasteiger partial charge in [-0.1, -0.05) is 12.5 Å². The third-order valence-electron chi connectivity index (χ3n) is 3.81. The molecular weight excluding hydrogens is 262 g/mol. The number of nitrogens with two attached hydrogens (primary N) is 1. The first-order valence-corrected chi connectivity index (χ1v) is 8.30. The van der Waals surface area contributed by atoms with Gasteiger partial charge in [0.15, 0.2) is 9.84 Å². The molecule has 1 aliphatic carbocycles. The Morgan fingerprint density at radius 3 is 2.79 bits per heavy atom. The topological polar surface area (TPSA) is 88.8 Å². The molecule has 3 rings (SSSR count). The molecule has 0 bridgehead atoms. The van der Waals surface area contributed by atoms with Crippen LogP contribution < -0.4 is 5.73 Å². The molecule has 1 aliphatic rings. The van der Waals surface area contributed by atoms with Gasteiger partial charge in [-0.15, -0.1) is 0 Å². The minimum Gasteiger partial charge on any atom is -0.342 e. The minimum atomic E-state index is -3.27. The predicted molar refractivity (Wildman–Crippen MR) is 73.8 cm³/mol. The Balaban J connectivity index is 2.16. The van der Waals surface area contributed by atoms with E-state index in [9.17, 15) is 8.42 Å². The van der Waals surface area contributed by atoms with Gasteiger partial charge in [-0.05, 0) is 25.0 Å². The Bertz CT molecular complexity index is 721. The predicted octanol–water partition coefficient (Wildman–Crippen LogP) is 1.56. The van der Waals surface area contributed by atoms with Crippen molar-refractivity contribution in [3.05, 3.63) is 24.0 Å². The molecule has 1 aromatic carbocycles. The molecule has 5 nitrogen and oxygen atoms in total. The SMILES string of the molecule is CS(=O)(=O)c1cccc2[nH]c(C3CCCC3N)nc12. The van der Waals surface area contributed by atoms with Crippen LogP contribution in [0.5, 0.6) is 0 Å². The maximum absolute atomic E-state index is 11.8. The molecule has 2 atom stereocenters. The summed E-state index contributed by atoms with van der Waals surface area (Å²) in [5.41, 5.74) is 7.37. The first kappa shape index (κ1) is 12.6. The van der Waals surface area contributed by atoms with Crippen LogP contribution in [-0.4, -0.2) is 30.7 Å². The van der Waals surface area contributed by atoms with E-state index in [-0.39, 0.29) is 16.9 Å². The van der Waals surface area contributed by atoms with Crippen molar-refractivity contribution in [2.24, 2.45) is 5.73 Å². The molecule has 19 heavy (non-hydrogen) atoms. The summed E-state index contributed by atoms with van der Waals surface area (Å²) in [6.45, 7) is 0. The third-order valence-corrected chi connectivity index (χ3v) is 4.94. The Morgan fingerprint density at radius 2 is 2.16 bits per heavy atom. The van der Waals surface area contributed by atoms with Crippen LogP contribution >= 0.6 is 0 Å². The molecule has 3 N–H and O–H groups in total. The Morgan fingerprint density at radius 1 is 1.37 bits per heavy atom. The summed E-state index contributed by atoms with van der Waals surface area (Å²) in [5, 5.41) is 0. The number of para-hydroxylation sites is 1. The zero-order valence-corrected chi connectivity index (χ0v) is 11.6. The molecule has 6 heteroatoms. The van der Waals surface area contributed by atoms with Crippen LogP contribution in [0.15, 0.2) is 23.1 Å². The van der Waals surface area contributed by atoms with Gasteiger partial charge < -0.3 is 10.7 Å². The molecule has 0 saturated heterocycles. The molecule has 0 spiro atoms. The highest BCUT2D eigenvalue weighted by atomic mass is 32.2. The number of hydrogen-bond acceptors (Lipinski definition) is 4. The number of aromatic nitrogens is 2. The molecule has 0 amide bonds. The fourth-order valence-corrected chi connectivity index (χ4v) is 3.66. The number of hydrogen-bond donors (Lipinski definition) is 2. The minimum absolute atomic E-state index is 0.113. The van der Waals surface area contributed by atoms with E-state index in [4.69, 9.17) is 5.73 Å². The van der Waals surface area contributed by atoms with E-state index >= 15 is 0 Å². The smallest absolute Gasteiger partial charge is 0.177 e. The van der Waals surface area contributed by atoms with E-state index < -0.39 is 9.84 Å². The van der Waals surface area contributed by atoms with Gasteiger partial charge in [0.25, 0.3) is 0 Å². The highest BCUT2D eigenvalue weighted by molar-refractivity contribution is 7.91. The van der Waals surface area contributed by atoms with Gasteiger partial charge in [0.1, 0.15) is 11.3 Å². The van der Waals surface area contributed by atoms with Crippen molar-refractivity contribution in [3.8, 4) is 0 Å². The first-order valence-electron chi connectivity index (χ1n) is 6.41. The quantitative estimate of drug-likeness (QED) is 0.873. The first-order chi connectivity index (χ1) is 8.97. The van der Waals surface area contributed by atoms with E-state index in [2.05, 4.69) is 9.97 Å². The van der Waals surface area contributed by atoms with Gasteiger partial charge in [0, 0.05) is 18.2 Å². The van der Waals surface area contributed by atoms with Crippen molar-refractivity contribution in [1.29, 1.82) is 0 Å². The van der Waals surface area contributed by atoms with Crippen molar-refractivity contribution >= 4 is 20.9 Å². The summed E-state index contributed by atoms with van der Waals surface area (Å²) in [5.74, 6) is 1.02. The van der Waals surface area contributed by atoms with E-state index in [1.807, 2.05) is 6.07 Å². The molecule has 1 heterocycles. The fourth-order valence-electron chi connectivity index (χ4n) is 2.83. The standard InChI is InChI=1S/C13H17N3O2S/c1-19(17,18)11-7-3-6-10-12(11)16-13(15-10)8-4-2-5-9(8)14/h3,6-9H,2,4-5,14H2,1H3,(H,15,16). The van der Waals surface area contributed by atoms with E-state index in [1.54, 1.807) is 12.1 Å². The lowest BCUT2D eigenvalue weighted by atomic mass is 10.0. The molecule has 1 fully saturated rings. The number of nitrogens with one attached hydrogen (secondary N) is 1. The lowest BCUT2D eigenvalue weighted by Crippen LogP contribution is -2.23. The number of rotatable bonds is 2. The van der Waals surface area contributed by atoms with Gasteiger partial charge in [0.2, 0.25) is 0 Å². The second-order valence-electron chi connectivity index (χ2n) is 5.25. The number of nitrogens with zero attached hydrogens (tertiary/aromatic N) is 1. The average molecular weight is 279 g/mol. The summed E-state index contributed by atoms with van der Waals surface area (Å²) >= 11 is 0. The molecule has 2 unspecified atom stereocenters. The monoisotopic (exact) mass is 279 g/mol. The number of imidazole rings is 1. The second kappa shape index (κ2) is 4.31. The Hall–Kier alpha value is -1.40. The summed E-state index contributed by atoms with van der Waals surface area (Å²) in [6.07, 6.45) is 4.31. The van der Waals surface area contributed by atoms with Crippen molar-refractivity contribution in [2.75, 3.05) is 6.26 Å². The van der Waals surface area contributed by atoms with Gasteiger partial charge >= 0.3 is 0 Å². The number of H-pyrrole nitrogens is 1. The van der Waals surface area contributed by atoms with Gasteiger partial charge in [-0.25, -0.2) is 13.4 Å². The van der Waals surface area contributed by atoms with Crippen LogP contribution in [0.3, 0.4) is 0 Å². The van der Waals surface area contributed by atoms with Crippen molar-refractivity contribution in [1.82, 2.24) is 9.97 Å². The van der Waals surface area contributed by atoms with Crippen LogP contribution in [0.1, 0.15) is 31.0 Å². The van der Waals surface area contributed by atoms with Crippen LogP contribution in [0.2, 0.25) is 0 Å². The normalized spacial score (nSPS) is 24.1. The van der Waals surface area contributed by atoms with Gasteiger partial charge in [-0.3, -0.25) is 0 Å². The van der Waals surface area contributed by atoms with Crippen LogP contribution in [0, 0.1) is 0 Å². The molecule has 0 aliphatic heterocycles. The number of fused-ring (bicyclic) bond motifs is 1. The van der Waals surface area contributed by atoms with E-state index in [0.29, 0.717) is 5.52 Å². The Kier molecular flexibility index (Phi) is 2.87. The molecule has 1 aromatic heterocycles. The van der Waals surface area contributed by atoms with Crippen molar-refractivity contribution in [2.45, 2.75) is 36.1 Å². The maximum Gasteiger partial charge on any atom is 0.177 e. The molecule has 1 saturated carbocycles. The summed E-state index contributed by atoms with van der Waals surface area (Å²) < 4.78 is 23.5. The highest BCUT2D eigenvalue weighted by Gasteiger charge is 2.28. The molecule has 0 radical (unpaired) electrons. The Labute approximate surface area is 112 Å². The van der Waals surface area contributed by atoms with Crippen LogP contribution in [0.25, 0.3) is 11.0 Å². The van der Waals surface area contributed by atoms with Crippen molar-refractivity contribution < 1.29 is 8.42 Å². The largest absolute Gasteiger partial charge is 0.342 e. The average Bonchev–Trinajstić information content (AvgIpc) is 2.91. The molecule has 102 valence electrons. The van der Waals surface area contributed by atoms with Gasteiger partial charge in [0.05, 0.1) is 10.4 Å². The number of sulfone groups is 1. The summed E-state index contributed by atoms with van der Waals surface area (Å²) in [4.78, 5) is 8.00. The lowest BCUT2D eigenvalue weighted by molar-refractivity contribution is 0.588. The summed E-state index contributed by atoms with van der Waals surface area (Å²) in [6, 6.07) is 5.29. The highest BCUT2D eigenvalue weighted by Crippen LogP contribution is 2.33. The zero-order chi connectivity index (χ0) is 13.6. The van der Waals surface area contributed by atoms with E-state index in [1.165, 1.54) is 6.26 Å².